The van der Waals surface area contributed by atoms with E-state index >= 15 is 0 Å². The molecule has 0 bridgehead atoms. The molecule has 3 aromatic rings. The predicted octanol–water partition coefficient (Wildman–Crippen LogP) is 4.07. The molecule has 0 atom stereocenters. The van der Waals surface area contributed by atoms with E-state index in [-0.39, 0.29) is 0 Å². The largest absolute Gasteiger partial charge is 0.355 e. The highest BCUT2D eigenvalue weighted by Gasteiger charge is 2.12. The van der Waals surface area contributed by atoms with Gasteiger partial charge in [-0.3, -0.25) is 0 Å². The maximum atomic E-state index is 5.32. The molecule has 0 fully saturated rings. The summed E-state index contributed by atoms with van der Waals surface area (Å²) in [5, 5.41) is 5.92. The minimum absolute atomic E-state index is 0.848. The van der Waals surface area contributed by atoms with Gasteiger partial charge in [0.25, 0.3) is 0 Å². The van der Waals surface area contributed by atoms with Crippen LogP contribution in [0, 0.1) is 0 Å². The van der Waals surface area contributed by atoms with Crippen LogP contribution in [0.3, 0.4) is 0 Å². The van der Waals surface area contributed by atoms with Crippen molar-refractivity contribution in [2.24, 2.45) is 0 Å². The Labute approximate surface area is 97.2 Å². The minimum Gasteiger partial charge on any atom is -0.355 e. The van der Waals surface area contributed by atoms with Gasteiger partial charge >= 0.3 is 0 Å². The van der Waals surface area contributed by atoms with E-state index in [0.29, 0.717) is 0 Å². The summed E-state index contributed by atoms with van der Waals surface area (Å²) in [5.41, 5.74) is 2.18. The second-order valence-corrected chi connectivity index (χ2v) is 4.36. The van der Waals surface area contributed by atoms with Crippen LogP contribution in [0.4, 0.5) is 0 Å². The lowest BCUT2D eigenvalue weighted by molar-refractivity contribution is 0.433. The van der Waals surface area contributed by atoms with Gasteiger partial charge in [0.2, 0.25) is 0 Å². The van der Waals surface area contributed by atoms with Crippen molar-refractivity contribution in [3.8, 4) is 21.8 Å². The lowest BCUT2D eigenvalue weighted by Crippen LogP contribution is -1.75. The Bertz CT molecular complexity index is 569. The van der Waals surface area contributed by atoms with Crippen molar-refractivity contribution in [1.82, 2.24) is 5.16 Å². The molecular weight excluding hydrogens is 218 g/mol. The first-order chi connectivity index (χ1) is 7.95. The van der Waals surface area contributed by atoms with Gasteiger partial charge in [0.15, 0.2) is 5.76 Å². The Balaban J connectivity index is 2.14. The van der Waals surface area contributed by atoms with Gasteiger partial charge in [-0.1, -0.05) is 41.6 Å². The summed E-state index contributed by atoms with van der Waals surface area (Å²) in [6.45, 7) is 0. The first-order valence-corrected chi connectivity index (χ1v) is 5.87. The number of benzene rings is 1. The van der Waals surface area contributed by atoms with E-state index in [4.69, 9.17) is 4.52 Å². The smallest absolute Gasteiger partial charge is 0.184 e. The van der Waals surface area contributed by atoms with E-state index in [1.807, 2.05) is 35.7 Å². The fraction of sp³-hybridized carbons (Fsp3) is 0. The fourth-order valence-electron chi connectivity index (χ4n) is 1.65. The molecule has 0 radical (unpaired) electrons. The fourth-order valence-corrected chi connectivity index (χ4v) is 2.36. The van der Waals surface area contributed by atoms with E-state index < -0.39 is 0 Å². The Hall–Kier alpha value is -1.87. The number of aromatic nitrogens is 1. The van der Waals surface area contributed by atoms with Gasteiger partial charge in [-0.05, 0) is 17.0 Å². The summed E-state index contributed by atoms with van der Waals surface area (Å²) in [6, 6.07) is 14.2. The molecule has 0 aliphatic heterocycles. The topological polar surface area (TPSA) is 26.0 Å². The highest BCUT2D eigenvalue weighted by Crippen LogP contribution is 2.34. The third-order valence-corrected chi connectivity index (χ3v) is 3.27. The van der Waals surface area contributed by atoms with Crippen molar-refractivity contribution in [3.05, 3.63) is 54.0 Å². The molecule has 0 unspecified atom stereocenters. The van der Waals surface area contributed by atoms with Crippen LogP contribution < -0.4 is 0 Å². The first kappa shape index (κ1) is 9.36. The molecule has 0 N–H and O–H groups in total. The second-order valence-electron chi connectivity index (χ2n) is 3.41. The average molecular weight is 227 g/mol. The molecule has 0 aliphatic carbocycles. The van der Waals surface area contributed by atoms with Crippen molar-refractivity contribution >= 4 is 11.3 Å². The van der Waals surface area contributed by atoms with Gasteiger partial charge in [-0.25, -0.2) is 0 Å². The lowest BCUT2D eigenvalue weighted by Gasteiger charge is -1.98. The van der Waals surface area contributed by atoms with E-state index in [1.165, 1.54) is 0 Å². The zero-order chi connectivity index (χ0) is 10.8. The van der Waals surface area contributed by atoms with E-state index in [0.717, 1.165) is 21.8 Å². The quantitative estimate of drug-likeness (QED) is 0.659. The zero-order valence-corrected chi connectivity index (χ0v) is 9.28. The molecule has 0 aliphatic rings. The van der Waals surface area contributed by atoms with Gasteiger partial charge in [0.1, 0.15) is 0 Å². The molecule has 3 heteroatoms. The molecule has 2 heterocycles. The van der Waals surface area contributed by atoms with Gasteiger partial charge in [0.05, 0.1) is 16.6 Å². The van der Waals surface area contributed by atoms with Crippen LogP contribution in [0.2, 0.25) is 0 Å². The van der Waals surface area contributed by atoms with Gasteiger partial charge in [-0.2, -0.15) is 0 Å². The summed E-state index contributed by atoms with van der Waals surface area (Å²) < 4.78 is 5.32. The van der Waals surface area contributed by atoms with Crippen LogP contribution in [0.5, 0.6) is 0 Å². The van der Waals surface area contributed by atoms with Crippen molar-refractivity contribution in [1.29, 1.82) is 0 Å². The Morgan fingerprint density at radius 1 is 1.00 bits per heavy atom. The summed E-state index contributed by atoms with van der Waals surface area (Å²) in [6.07, 6.45) is 1.77. The molecule has 78 valence electrons. The predicted molar refractivity (Wildman–Crippen MR) is 65.3 cm³/mol. The highest BCUT2D eigenvalue weighted by atomic mass is 32.1. The van der Waals surface area contributed by atoms with Crippen LogP contribution in [-0.2, 0) is 0 Å². The molecule has 0 amide bonds. The number of rotatable bonds is 2. The van der Waals surface area contributed by atoms with Gasteiger partial charge < -0.3 is 4.52 Å². The Kier molecular flexibility index (Phi) is 2.31. The molecule has 16 heavy (non-hydrogen) atoms. The third kappa shape index (κ3) is 1.55. The average Bonchev–Trinajstić information content (AvgIpc) is 3.01. The van der Waals surface area contributed by atoms with Crippen molar-refractivity contribution in [2.75, 3.05) is 0 Å². The maximum absolute atomic E-state index is 5.32. The number of hydrogen-bond acceptors (Lipinski definition) is 3. The van der Waals surface area contributed by atoms with Crippen LogP contribution in [-0.4, -0.2) is 5.16 Å². The van der Waals surface area contributed by atoms with Crippen LogP contribution >= 0.6 is 11.3 Å². The molecule has 2 aromatic heterocycles. The normalized spacial score (nSPS) is 10.5. The summed E-state index contributed by atoms with van der Waals surface area (Å²) in [4.78, 5) is 1.11. The molecule has 0 saturated heterocycles. The molecule has 0 spiro atoms. The summed E-state index contributed by atoms with van der Waals surface area (Å²) in [7, 11) is 0. The van der Waals surface area contributed by atoms with E-state index in [9.17, 15) is 0 Å². The van der Waals surface area contributed by atoms with Crippen LogP contribution in [0.1, 0.15) is 0 Å². The number of hydrogen-bond donors (Lipinski definition) is 0. The lowest BCUT2D eigenvalue weighted by atomic mass is 10.1. The first-order valence-electron chi connectivity index (χ1n) is 4.99. The Morgan fingerprint density at radius 3 is 2.62 bits per heavy atom. The molecule has 3 rings (SSSR count). The molecule has 1 aromatic carbocycles. The van der Waals surface area contributed by atoms with Gasteiger partial charge in [0, 0.05) is 0 Å². The third-order valence-electron chi connectivity index (χ3n) is 2.40. The Morgan fingerprint density at radius 2 is 1.88 bits per heavy atom. The van der Waals surface area contributed by atoms with Crippen LogP contribution in [0.15, 0.2) is 58.6 Å². The number of thiophene rings is 1. The maximum Gasteiger partial charge on any atom is 0.184 e. The van der Waals surface area contributed by atoms with Crippen LogP contribution in [0.25, 0.3) is 21.8 Å². The molecular formula is C13H9NOS. The molecule has 2 nitrogen and oxygen atoms in total. The van der Waals surface area contributed by atoms with Crippen molar-refractivity contribution < 1.29 is 4.52 Å². The highest BCUT2D eigenvalue weighted by molar-refractivity contribution is 7.13. The second kappa shape index (κ2) is 3.94. The van der Waals surface area contributed by atoms with Gasteiger partial charge in [-0.15, -0.1) is 11.3 Å². The van der Waals surface area contributed by atoms with E-state index in [2.05, 4.69) is 17.3 Å². The monoisotopic (exact) mass is 227 g/mol. The van der Waals surface area contributed by atoms with E-state index in [1.54, 1.807) is 17.5 Å². The SMILES string of the molecule is c1ccc(-c2cnoc2-c2cccs2)cc1. The van der Waals surface area contributed by atoms with Crippen molar-refractivity contribution in [3.63, 3.8) is 0 Å². The summed E-state index contributed by atoms with van der Waals surface area (Å²) in [5.74, 6) is 0.848. The van der Waals surface area contributed by atoms with Crippen molar-refractivity contribution in [2.45, 2.75) is 0 Å². The summed E-state index contributed by atoms with van der Waals surface area (Å²) >= 11 is 1.66. The standard InChI is InChI=1S/C13H9NOS/c1-2-5-10(6-3-1)11-9-14-15-13(11)12-7-4-8-16-12/h1-9H. The number of nitrogens with zero attached hydrogens (tertiary/aromatic N) is 1. The minimum atomic E-state index is 0.848. The zero-order valence-electron chi connectivity index (χ0n) is 8.46. The molecule has 0 saturated carbocycles.